The lowest BCUT2D eigenvalue weighted by atomic mass is 10.2. The highest BCUT2D eigenvalue weighted by Gasteiger charge is 2.49. The van der Waals surface area contributed by atoms with Crippen molar-refractivity contribution in [2.24, 2.45) is 11.8 Å². The molecule has 0 aromatic carbocycles. The van der Waals surface area contributed by atoms with Crippen molar-refractivity contribution in [1.82, 2.24) is 10.2 Å². The maximum Gasteiger partial charge on any atom is 0.307 e. The Balaban J connectivity index is 1.45. The van der Waals surface area contributed by atoms with Gasteiger partial charge >= 0.3 is 5.97 Å². The maximum absolute atomic E-state index is 11.8. The molecule has 1 amide bonds. The monoisotopic (exact) mass is 238 g/mol. The van der Waals surface area contributed by atoms with Crippen LogP contribution in [-0.2, 0) is 9.59 Å². The molecule has 1 heterocycles. The Morgan fingerprint density at radius 3 is 2.53 bits per heavy atom. The van der Waals surface area contributed by atoms with E-state index in [0.29, 0.717) is 6.42 Å². The lowest BCUT2D eigenvalue weighted by Crippen LogP contribution is -2.38. The van der Waals surface area contributed by atoms with Gasteiger partial charge < -0.3 is 10.4 Å². The molecule has 3 atom stereocenters. The van der Waals surface area contributed by atoms with Crippen molar-refractivity contribution in [2.75, 3.05) is 13.1 Å². The maximum atomic E-state index is 11.8. The second-order valence-electron chi connectivity index (χ2n) is 5.51. The van der Waals surface area contributed by atoms with Crippen molar-refractivity contribution >= 4 is 11.9 Å². The minimum Gasteiger partial charge on any atom is -0.481 e. The topological polar surface area (TPSA) is 69.6 Å². The number of hydrogen-bond donors (Lipinski definition) is 2. The summed E-state index contributed by atoms with van der Waals surface area (Å²) in [5, 5.41) is 11.8. The first-order chi connectivity index (χ1) is 8.15. The highest BCUT2D eigenvalue weighted by Crippen LogP contribution is 2.39. The van der Waals surface area contributed by atoms with E-state index < -0.39 is 11.9 Å². The average molecular weight is 238 g/mol. The molecule has 0 aromatic heterocycles. The molecule has 1 aliphatic heterocycles. The summed E-state index contributed by atoms with van der Waals surface area (Å²) < 4.78 is 0. The number of nitrogens with one attached hydrogen (secondary N) is 1. The van der Waals surface area contributed by atoms with Crippen LogP contribution in [0.3, 0.4) is 0 Å². The minimum absolute atomic E-state index is 0.0555. The molecule has 17 heavy (non-hydrogen) atoms. The molecule has 0 radical (unpaired) electrons. The largest absolute Gasteiger partial charge is 0.481 e. The Bertz CT molecular complexity index is 354. The first-order valence-corrected chi connectivity index (χ1v) is 6.42. The van der Waals surface area contributed by atoms with Crippen molar-refractivity contribution in [3.63, 3.8) is 0 Å². The number of carbonyl (C=O) groups excluding carboxylic acids is 1. The predicted molar refractivity (Wildman–Crippen MR) is 60.4 cm³/mol. The van der Waals surface area contributed by atoms with E-state index in [9.17, 15) is 9.59 Å². The van der Waals surface area contributed by atoms with Gasteiger partial charge in [-0.2, -0.15) is 0 Å². The predicted octanol–water partition coefficient (Wildman–Crippen LogP) is 0.0600. The number of likely N-dealkylation sites (tertiary alicyclic amines) is 1. The summed E-state index contributed by atoms with van der Waals surface area (Å²) in [6.07, 6.45) is 4.11. The van der Waals surface area contributed by atoms with Crippen molar-refractivity contribution in [3.8, 4) is 0 Å². The Hall–Kier alpha value is -1.10. The average Bonchev–Trinajstić information content (AvgIpc) is 3.17. The molecular formula is C12H18N2O3. The van der Waals surface area contributed by atoms with E-state index >= 15 is 0 Å². The van der Waals surface area contributed by atoms with Crippen molar-refractivity contribution in [1.29, 1.82) is 0 Å². The zero-order chi connectivity index (χ0) is 12.0. The Morgan fingerprint density at radius 1 is 1.18 bits per heavy atom. The first kappa shape index (κ1) is 11.0. The van der Waals surface area contributed by atoms with E-state index in [1.54, 1.807) is 0 Å². The smallest absolute Gasteiger partial charge is 0.307 e. The van der Waals surface area contributed by atoms with Gasteiger partial charge in [-0.3, -0.25) is 14.5 Å². The van der Waals surface area contributed by atoms with Crippen molar-refractivity contribution in [3.05, 3.63) is 0 Å². The molecule has 94 valence electrons. The molecule has 2 saturated carbocycles. The van der Waals surface area contributed by atoms with Crippen LogP contribution < -0.4 is 5.32 Å². The minimum atomic E-state index is -0.837. The van der Waals surface area contributed by atoms with E-state index in [4.69, 9.17) is 5.11 Å². The van der Waals surface area contributed by atoms with Crippen LogP contribution in [0.1, 0.15) is 25.7 Å². The van der Waals surface area contributed by atoms with Crippen LogP contribution in [0.15, 0.2) is 0 Å². The van der Waals surface area contributed by atoms with E-state index in [-0.39, 0.29) is 17.9 Å². The van der Waals surface area contributed by atoms with Crippen molar-refractivity contribution in [2.45, 2.75) is 37.8 Å². The summed E-state index contributed by atoms with van der Waals surface area (Å²) in [6.45, 7) is 2.02. The van der Waals surface area contributed by atoms with E-state index in [1.807, 2.05) is 0 Å². The number of rotatable bonds is 4. The zero-order valence-corrected chi connectivity index (χ0v) is 9.76. The first-order valence-electron chi connectivity index (χ1n) is 6.42. The number of aliphatic carboxylic acids is 1. The molecule has 3 unspecified atom stereocenters. The van der Waals surface area contributed by atoms with Gasteiger partial charge in [0.25, 0.3) is 0 Å². The third-order valence-corrected chi connectivity index (χ3v) is 4.07. The summed E-state index contributed by atoms with van der Waals surface area (Å²) >= 11 is 0. The van der Waals surface area contributed by atoms with Crippen LogP contribution in [-0.4, -0.2) is 47.1 Å². The molecule has 0 bridgehead atoms. The van der Waals surface area contributed by atoms with Gasteiger partial charge in [-0.1, -0.05) is 0 Å². The molecule has 2 N–H and O–H groups in total. The van der Waals surface area contributed by atoms with Gasteiger partial charge in [0.1, 0.15) is 0 Å². The van der Waals surface area contributed by atoms with Crippen LogP contribution in [0.5, 0.6) is 0 Å². The number of carboxylic acid groups (broad SMARTS) is 1. The second-order valence-corrected chi connectivity index (χ2v) is 5.51. The van der Waals surface area contributed by atoms with Crippen LogP contribution in [0.2, 0.25) is 0 Å². The molecule has 0 spiro atoms. The number of amides is 1. The molecule has 3 rings (SSSR count). The summed E-state index contributed by atoms with van der Waals surface area (Å²) in [4.78, 5) is 24.9. The Kier molecular flexibility index (Phi) is 2.58. The Labute approximate surface area is 100 Å². The molecule has 0 aromatic rings. The summed E-state index contributed by atoms with van der Waals surface area (Å²) in [7, 11) is 0. The van der Waals surface area contributed by atoms with Gasteiger partial charge in [0.15, 0.2) is 0 Å². The molecule has 1 saturated heterocycles. The highest BCUT2D eigenvalue weighted by molar-refractivity contribution is 5.89. The molecule has 2 aliphatic carbocycles. The van der Waals surface area contributed by atoms with Crippen molar-refractivity contribution < 1.29 is 14.7 Å². The summed E-state index contributed by atoms with van der Waals surface area (Å²) in [5.74, 6) is -1.60. The van der Waals surface area contributed by atoms with Crippen LogP contribution in [0.4, 0.5) is 0 Å². The fourth-order valence-electron chi connectivity index (χ4n) is 2.74. The third kappa shape index (κ3) is 2.29. The zero-order valence-electron chi connectivity index (χ0n) is 9.76. The number of nitrogens with zero attached hydrogens (tertiary/aromatic N) is 1. The van der Waals surface area contributed by atoms with Crippen LogP contribution >= 0.6 is 0 Å². The van der Waals surface area contributed by atoms with Crippen LogP contribution in [0.25, 0.3) is 0 Å². The lowest BCUT2D eigenvalue weighted by Gasteiger charge is -2.15. The van der Waals surface area contributed by atoms with Gasteiger partial charge in [-0.15, -0.1) is 0 Å². The van der Waals surface area contributed by atoms with Gasteiger partial charge in [-0.05, 0) is 25.7 Å². The van der Waals surface area contributed by atoms with Gasteiger partial charge in [0.2, 0.25) is 5.91 Å². The van der Waals surface area contributed by atoms with E-state index in [1.165, 1.54) is 12.8 Å². The van der Waals surface area contributed by atoms with Gasteiger partial charge in [0, 0.05) is 25.2 Å². The molecule has 5 heteroatoms. The summed E-state index contributed by atoms with van der Waals surface area (Å²) in [6, 6.07) is 0.989. The number of carboxylic acids is 1. The number of hydrogen-bond acceptors (Lipinski definition) is 3. The van der Waals surface area contributed by atoms with Gasteiger partial charge in [0.05, 0.1) is 11.8 Å². The lowest BCUT2D eigenvalue weighted by molar-refractivity contribution is -0.140. The number of carbonyl (C=O) groups is 2. The second kappa shape index (κ2) is 3.98. The summed E-state index contributed by atoms with van der Waals surface area (Å²) in [5.41, 5.74) is 0. The van der Waals surface area contributed by atoms with E-state index in [2.05, 4.69) is 10.2 Å². The normalized spacial score (nSPS) is 36.8. The van der Waals surface area contributed by atoms with Gasteiger partial charge in [-0.25, -0.2) is 0 Å². The fraction of sp³-hybridized carbons (Fsp3) is 0.833. The molecule has 5 nitrogen and oxygen atoms in total. The molecule has 3 aliphatic rings. The van der Waals surface area contributed by atoms with Crippen LogP contribution in [0, 0.1) is 11.8 Å². The SMILES string of the molecule is O=C(O)C1CC1C(=O)NC1CCN(C2CC2)C1. The fourth-order valence-corrected chi connectivity index (χ4v) is 2.74. The highest BCUT2D eigenvalue weighted by atomic mass is 16.4. The Morgan fingerprint density at radius 2 is 1.94 bits per heavy atom. The quantitative estimate of drug-likeness (QED) is 0.726. The third-order valence-electron chi connectivity index (χ3n) is 4.07. The van der Waals surface area contributed by atoms with E-state index in [0.717, 1.165) is 25.6 Å². The molecular weight excluding hydrogens is 220 g/mol. The standard InChI is InChI=1S/C12H18N2O3/c15-11(9-5-10(9)12(16)17)13-7-3-4-14(6-7)8-1-2-8/h7-10H,1-6H2,(H,13,15)(H,16,17). The molecule has 3 fully saturated rings.